The zero-order valence-electron chi connectivity index (χ0n) is 12.5. The zero-order chi connectivity index (χ0) is 14.5. The van der Waals surface area contributed by atoms with Crippen molar-refractivity contribution in [2.45, 2.75) is 32.2 Å². The SMILES string of the molecule is CCN(CC)CC1(NC(=O)CNC(=O)N(C)C)CC1. The van der Waals surface area contributed by atoms with Crippen LogP contribution in [0.1, 0.15) is 26.7 Å². The van der Waals surface area contributed by atoms with Crippen molar-refractivity contribution in [1.82, 2.24) is 20.4 Å². The van der Waals surface area contributed by atoms with Gasteiger partial charge in [0.15, 0.2) is 0 Å². The molecule has 0 saturated heterocycles. The van der Waals surface area contributed by atoms with Gasteiger partial charge in [0.25, 0.3) is 0 Å². The molecule has 0 aliphatic heterocycles. The van der Waals surface area contributed by atoms with Gasteiger partial charge in [0.2, 0.25) is 5.91 Å². The Hall–Kier alpha value is -1.30. The van der Waals surface area contributed by atoms with E-state index in [1.165, 1.54) is 4.90 Å². The molecule has 1 rings (SSSR count). The summed E-state index contributed by atoms with van der Waals surface area (Å²) >= 11 is 0. The molecule has 6 nitrogen and oxygen atoms in total. The predicted molar refractivity (Wildman–Crippen MR) is 75.0 cm³/mol. The minimum absolute atomic E-state index is 0.0387. The van der Waals surface area contributed by atoms with E-state index in [2.05, 4.69) is 29.4 Å². The summed E-state index contributed by atoms with van der Waals surface area (Å²) in [5.41, 5.74) is -0.0635. The molecule has 0 radical (unpaired) electrons. The maximum absolute atomic E-state index is 11.8. The molecule has 0 atom stereocenters. The third-order valence-corrected chi connectivity index (χ3v) is 3.49. The highest BCUT2D eigenvalue weighted by molar-refractivity contribution is 5.84. The number of amides is 3. The molecule has 0 spiro atoms. The summed E-state index contributed by atoms with van der Waals surface area (Å²) in [5.74, 6) is -0.111. The Balaban J connectivity index is 2.33. The molecule has 6 heteroatoms. The molecule has 1 saturated carbocycles. The summed E-state index contributed by atoms with van der Waals surface area (Å²) in [7, 11) is 3.30. The lowest BCUT2D eigenvalue weighted by Crippen LogP contribution is -2.49. The van der Waals surface area contributed by atoms with Gasteiger partial charge in [-0.25, -0.2) is 4.79 Å². The molecule has 1 fully saturated rings. The van der Waals surface area contributed by atoms with Gasteiger partial charge in [-0.05, 0) is 25.9 Å². The number of carbonyl (C=O) groups excluding carboxylic acids is 2. The molecule has 1 aliphatic carbocycles. The summed E-state index contributed by atoms with van der Waals surface area (Å²) in [6.45, 7) is 7.17. The second-order valence-electron chi connectivity index (χ2n) is 5.34. The third-order valence-electron chi connectivity index (χ3n) is 3.49. The van der Waals surface area contributed by atoms with Crippen molar-refractivity contribution in [3.05, 3.63) is 0 Å². The Labute approximate surface area is 115 Å². The highest BCUT2D eigenvalue weighted by Crippen LogP contribution is 2.36. The van der Waals surface area contributed by atoms with E-state index >= 15 is 0 Å². The van der Waals surface area contributed by atoms with Crippen LogP contribution in [-0.2, 0) is 4.79 Å². The fourth-order valence-corrected chi connectivity index (χ4v) is 2.00. The Morgan fingerprint density at radius 1 is 1.16 bits per heavy atom. The predicted octanol–water partition coefficient (Wildman–Crippen LogP) is 0.248. The van der Waals surface area contributed by atoms with Crippen LogP contribution >= 0.6 is 0 Å². The highest BCUT2D eigenvalue weighted by Gasteiger charge is 2.44. The number of rotatable bonds is 7. The lowest BCUT2D eigenvalue weighted by Gasteiger charge is -2.26. The van der Waals surface area contributed by atoms with Crippen LogP contribution < -0.4 is 10.6 Å². The lowest BCUT2D eigenvalue weighted by molar-refractivity contribution is -0.121. The molecule has 0 bridgehead atoms. The van der Waals surface area contributed by atoms with Crippen molar-refractivity contribution < 1.29 is 9.59 Å². The Kier molecular flexibility index (Phi) is 5.60. The van der Waals surface area contributed by atoms with Crippen molar-refractivity contribution in [2.75, 3.05) is 40.3 Å². The summed E-state index contributed by atoms with van der Waals surface area (Å²) in [5, 5.41) is 5.62. The van der Waals surface area contributed by atoms with Gasteiger partial charge in [-0.1, -0.05) is 13.8 Å². The monoisotopic (exact) mass is 270 g/mol. The van der Waals surface area contributed by atoms with Gasteiger partial charge in [-0.15, -0.1) is 0 Å². The van der Waals surface area contributed by atoms with Crippen LogP contribution in [0.5, 0.6) is 0 Å². The normalized spacial score (nSPS) is 16.1. The first-order chi connectivity index (χ1) is 8.92. The largest absolute Gasteiger partial charge is 0.348 e. The van der Waals surface area contributed by atoms with Crippen LogP contribution in [0.4, 0.5) is 4.79 Å². The van der Waals surface area contributed by atoms with Gasteiger partial charge in [0.05, 0.1) is 12.1 Å². The second kappa shape index (κ2) is 6.75. The molecule has 1 aliphatic rings. The fraction of sp³-hybridized carbons (Fsp3) is 0.846. The number of nitrogens with zero attached hydrogens (tertiary/aromatic N) is 2. The smallest absolute Gasteiger partial charge is 0.317 e. The van der Waals surface area contributed by atoms with E-state index in [4.69, 9.17) is 0 Å². The number of hydrogen-bond acceptors (Lipinski definition) is 3. The van der Waals surface area contributed by atoms with Crippen LogP contribution in [0.15, 0.2) is 0 Å². The van der Waals surface area contributed by atoms with Gasteiger partial charge in [0.1, 0.15) is 0 Å². The second-order valence-corrected chi connectivity index (χ2v) is 5.34. The van der Waals surface area contributed by atoms with Gasteiger partial charge in [0, 0.05) is 20.6 Å². The average Bonchev–Trinajstić information content (AvgIpc) is 3.12. The standard InChI is InChI=1S/C13H26N4O2/c1-5-17(6-2)10-13(7-8-13)15-11(18)9-14-12(19)16(3)4/h5-10H2,1-4H3,(H,14,19)(H,15,18). The van der Waals surface area contributed by atoms with E-state index in [0.29, 0.717) is 0 Å². The van der Waals surface area contributed by atoms with Crippen LogP contribution in [0.25, 0.3) is 0 Å². The van der Waals surface area contributed by atoms with Crippen molar-refractivity contribution in [3.8, 4) is 0 Å². The summed E-state index contributed by atoms with van der Waals surface area (Å²) in [4.78, 5) is 26.9. The molecule has 2 N–H and O–H groups in total. The topological polar surface area (TPSA) is 64.7 Å². The fourth-order valence-electron chi connectivity index (χ4n) is 2.00. The van der Waals surface area contributed by atoms with E-state index in [-0.39, 0.29) is 24.0 Å². The molecular formula is C13H26N4O2. The lowest BCUT2D eigenvalue weighted by atomic mass is 10.2. The number of likely N-dealkylation sites (N-methyl/N-ethyl adjacent to an activating group) is 1. The van der Waals surface area contributed by atoms with Crippen molar-refractivity contribution >= 4 is 11.9 Å². The Morgan fingerprint density at radius 3 is 2.16 bits per heavy atom. The van der Waals surface area contributed by atoms with E-state index < -0.39 is 0 Å². The number of carbonyl (C=O) groups is 2. The molecule has 110 valence electrons. The maximum atomic E-state index is 11.8. The third kappa shape index (κ3) is 5.06. The summed E-state index contributed by atoms with van der Waals surface area (Å²) in [6.07, 6.45) is 2.05. The summed E-state index contributed by atoms with van der Waals surface area (Å²) < 4.78 is 0. The first kappa shape index (κ1) is 15.8. The number of nitrogens with one attached hydrogen (secondary N) is 2. The molecule has 0 aromatic carbocycles. The highest BCUT2D eigenvalue weighted by atomic mass is 16.2. The first-order valence-electron chi connectivity index (χ1n) is 6.91. The van der Waals surface area contributed by atoms with Crippen molar-refractivity contribution in [1.29, 1.82) is 0 Å². The Morgan fingerprint density at radius 2 is 1.74 bits per heavy atom. The Bertz CT molecular complexity index is 323. The average molecular weight is 270 g/mol. The number of urea groups is 1. The van der Waals surface area contributed by atoms with E-state index in [9.17, 15) is 9.59 Å². The maximum Gasteiger partial charge on any atom is 0.317 e. The van der Waals surface area contributed by atoms with Crippen LogP contribution in [0.2, 0.25) is 0 Å². The number of hydrogen-bond donors (Lipinski definition) is 2. The van der Waals surface area contributed by atoms with Crippen molar-refractivity contribution in [2.24, 2.45) is 0 Å². The van der Waals surface area contributed by atoms with Crippen LogP contribution in [-0.4, -0.2) is 67.6 Å². The minimum atomic E-state index is -0.247. The summed E-state index contributed by atoms with van der Waals surface area (Å²) in [6, 6.07) is -0.247. The zero-order valence-corrected chi connectivity index (χ0v) is 12.5. The molecule has 0 aromatic rings. The molecule has 3 amide bonds. The molecule has 0 aromatic heterocycles. The molecule has 0 unspecified atom stereocenters. The van der Waals surface area contributed by atoms with Gasteiger partial charge in [-0.3, -0.25) is 4.79 Å². The van der Waals surface area contributed by atoms with E-state index in [0.717, 1.165) is 32.5 Å². The van der Waals surface area contributed by atoms with Gasteiger partial charge in [-0.2, -0.15) is 0 Å². The molecule has 19 heavy (non-hydrogen) atoms. The van der Waals surface area contributed by atoms with Crippen LogP contribution in [0.3, 0.4) is 0 Å². The quantitative estimate of drug-likeness (QED) is 0.697. The van der Waals surface area contributed by atoms with E-state index in [1.54, 1.807) is 14.1 Å². The van der Waals surface area contributed by atoms with Gasteiger partial charge < -0.3 is 20.4 Å². The van der Waals surface area contributed by atoms with Crippen LogP contribution in [0, 0.1) is 0 Å². The molecular weight excluding hydrogens is 244 g/mol. The minimum Gasteiger partial charge on any atom is -0.348 e. The first-order valence-corrected chi connectivity index (χ1v) is 6.91. The van der Waals surface area contributed by atoms with E-state index in [1.807, 2.05) is 0 Å². The van der Waals surface area contributed by atoms with Gasteiger partial charge >= 0.3 is 6.03 Å². The van der Waals surface area contributed by atoms with Crippen molar-refractivity contribution in [3.63, 3.8) is 0 Å². The molecule has 0 heterocycles.